The zero-order valence-corrected chi connectivity index (χ0v) is 16.5. The normalized spacial score (nSPS) is 17.5. The van der Waals surface area contributed by atoms with E-state index >= 15 is 0 Å². The first-order valence-corrected chi connectivity index (χ1v) is 9.86. The molecule has 1 atom stereocenters. The van der Waals surface area contributed by atoms with E-state index in [1.807, 2.05) is 0 Å². The van der Waals surface area contributed by atoms with Gasteiger partial charge in [0, 0.05) is 35.8 Å². The summed E-state index contributed by atoms with van der Waals surface area (Å²) in [6.07, 6.45) is 2.27. The first kappa shape index (κ1) is 20.2. The fraction of sp³-hybridized carbons (Fsp3) is 0.391. The average Bonchev–Trinajstić information content (AvgIpc) is 2.72. The van der Waals surface area contributed by atoms with Gasteiger partial charge in [0.1, 0.15) is 5.82 Å². The maximum absolute atomic E-state index is 13.1. The molecule has 2 aromatic rings. The number of rotatable bonds is 6. The van der Waals surface area contributed by atoms with Gasteiger partial charge in [0.25, 0.3) is 5.91 Å². The van der Waals surface area contributed by atoms with Crippen molar-refractivity contribution in [1.29, 1.82) is 0 Å². The topological polar surface area (TPSA) is 49.4 Å². The van der Waals surface area contributed by atoms with Crippen LogP contribution in [0.3, 0.4) is 0 Å². The minimum atomic E-state index is -0.386. The Labute approximate surface area is 165 Å². The highest BCUT2D eigenvalue weighted by Gasteiger charge is 2.22. The van der Waals surface area contributed by atoms with E-state index in [9.17, 15) is 14.0 Å². The van der Waals surface area contributed by atoms with Crippen LogP contribution in [-0.2, 0) is 0 Å². The second kappa shape index (κ2) is 9.11. The van der Waals surface area contributed by atoms with Crippen molar-refractivity contribution in [2.75, 3.05) is 19.6 Å². The molecule has 0 spiro atoms. The van der Waals surface area contributed by atoms with Crippen LogP contribution in [0, 0.1) is 11.7 Å². The molecule has 0 aromatic heterocycles. The fourth-order valence-electron chi connectivity index (χ4n) is 3.64. The second-order valence-electron chi connectivity index (χ2n) is 7.72. The first-order chi connectivity index (χ1) is 13.4. The average molecular weight is 382 g/mol. The quantitative estimate of drug-likeness (QED) is 0.771. The second-order valence-corrected chi connectivity index (χ2v) is 7.72. The molecule has 28 heavy (non-hydrogen) atoms. The summed E-state index contributed by atoms with van der Waals surface area (Å²) in [6, 6.07) is 12.6. The number of likely N-dealkylation sites (tertiary alicyclic amines) is 1. The summed E-state index contributed by atoms with van der Waals surface area (Å²) in [4.78, 5) is 27.6. The Morgan fingerprint density at radius 1 is 1.11 bits per heavy atom. The number of hydrogen-bond acceptors (Lipinski definition) is 3. The van der Waals surface area contributed by atoms with Gasteiger partial charge < -0.3 is 10.2 Å². The minimum absolute atomic E-state index is 0.171. The molecule has 4 nitrogen and oxygen atoms in total. The summed E-state index contributed by atoms with van der Waals surface area (Å²) in [6.45, 7) is 7.16. The molecule has 0 bridgehead atoms. The largest absolute Gasteiger partial charge is 0.352 e. The Balaban J connectivity index is 1.62. The van der Waals surface area contributed by atoms with Crippen molar-refractivity contribution in [2.45, 2.75) is 32.7 Å². The van der Waals surface area contributed by atoms with E-state index in [4.69, 9.17) is 0 Å². The van der Waals surface area contributed by atoms with Crippen molar-refractivity contribution in [1.82, 2.24) is 10.2 Å². The molecular weight excluding hydrogens is 355 g/mol. The molecular formula is C23H27FN2O2. The van der Waals surface area contributed by atoms with E-state index in [0.29, 0.717) is 35.2 Å². The number of nitrogens with one attached hydrogen (secondary N) is 1. The van der Waals surface area contributed by atoms with Crippen molar-refractivity contribution in [3.63, 3.8) is 0 Å². The standard InChI is InChI=1S/C23H27FN2O2/c1-16(2)26-12-4-5-17(15-26)14-25-23(28)20-7-3-6-19(13-20)22(27)18-8-10-21(24)11-9-18/h3,6-11,13,16-17H,4-5,12,14-15H2,1-2H3,(H,25,28). The summed E-state index contributed by atoms with van der Waals surface area (Å²) in [7, 11) is 0. The van der Waals surface area contributed by atoms with Crippen LogP contribution in [0.25, 0.3) is 0 Å². The zero-order valence-electron chi connectivity index (χ0n) is 16.5. The van der Waals surface area contributed by atoms with Gasteiger partial charge in [0.15, 0.2) is 5.78 Å². The molecule has 1 saturated heterocycles. The van der Waals surface area contributed by atoms with Gasteiger partial charge in [0.2, 0.25) is 0 Å². The Morgan fingerprint density at radius 3 is 2.54 bits per heavy atom. The van der Waals surface area contributed by atoms with Crippen LogP contribution in [0.1, 0.15) is 53.0 Å². The number of piperidine rings is 1. The maximum Gasteiger partial charge on any atom is 0.251 e. The predicted octanol–water partition coefficient (Wildman–Crippen LogP) is 3.91. The number of nitrogens with zero attached hydrogens (tertiary/aromatic N) is 1. The van der Waals surface area contributed by atoms with Crippen molar-refractivity contribution in [2.24, 2.45) is 5.92 Å². The van der Waals surface area contributed by atoms with Gasteiger partial charge in [-0.25, -0.2) is 4.39 Å². The van der Waals surface area contributed by atoms with Gasteiger partial charge in [-0.3, -0.25) is 9.59 Å². The third kappa shape index (κ3) is 5.04. The molecule has 3 rings (SSSR count). The zero-order chi connectivity index (χ0) is 20.1. The van der Waals surface area contributed by atoms with Crippen LogP contribution in [0.15, 0.2) is 48.5 Å². The number of hydrogen-bond donors (Lipinski definition) is 1. The SMILES string of the molecule is CC(C)N1CCCC(CNC(=O)c2cccc(C(=O)c3ccc(F)cc3)c2)C1. The smallest absolute Gasteiger partial charge is 0.251 e. The highest BCUT2D eigenvalue weighted by atomic mass is 19.1. The van der Waals surface area contributed by atoms with Crippen LogP contribution >= 0.6 is 0 Å². The molecule has 0 aliphatic carbocycles. The van der Waals surface area contributed by atoms with E-state index in [0.717, 1.165) is 25.9 Å². The van der Waals surface area contributed by atoms with E-state index < -0.39 is 0 Å². The summed E-state index contributed by atoms with van der Waals surface area (Å²) < 4.78 is 13.1. The minimum Gasteiger partial charge on any atom is -0.352 e. The van der Waals surface area contributed by atoms with E-state index in [2.05, 4.69) is 24.1 Å². The Kier molecular flexibility index (Phi) is 6.57. The van der Waals surface area contributed by atoms with Gasteiger partial charge in [-0.2, -0.15) is 0 Å². The predicted molar refractivity (Wildman–Crippen MR) is 108 cm³/mol. The number of halogens is 1. The highest BCUT2D eigenvalue weighted by Crippen LogP contribution is 2.18. The fourth-order valence-corrected chi connectivity index (χ4v) is 3.64. The van der Waals surface area contributed by atoms with Crippen LogP contribution in [0.2, 0.25) is 0 Å². The number of benzene rings is 2. The molecule has 1 amide bonds. The molecule has 0 radical (unpaired) electrons. The lowest BCUT2D eigenvalue weighted by molar-refractivity contribution is 0.0922. The van der Waals surface area contributed by atoms with Gasteiger partial charge in [-0.15, -0.1) is 0 Å². The highest BCUT2D eigenvalue weighted by molar-refractivity contribution is 6.10. The van der Waals surface area contributed by atoms with Gasteiger partial charge in [-0.1, -0.05) is 12.1 Å². The number of amides is 1. The molecule has 1 N–H and O–H groups in total. The molecule has 1 aliphatic heterocycles. The van der Waals surface area contributed by atoms with Crippen LogP contribution in [0.4, 0.5) is 4.39 Å². The Bertz CT molecular complexity index is 833. The Morgan fingerprint density at radius 2 is 1.82 bits per heavy atom. The van der Waals surface area contributed by atoms with Crippen molar-refractivity contribution in [3.8, 4) is 0 Å². The molecule has 1 unspecified atom stereocenters. The molecule has 0 saturated carbocycles. The van der Waals surface area contributed by atoms with Crippen molar-refractivity contribution >= 4 is 11.7 Å². The molecule has 1 heterocycles. The van der Waals surface area contributed by atoms with E-state index in [-0.39, 0.29) is 17.5 Å². The summed E-state index contributed by atoms with van der Waals surface area (Å²) in [5.41, 5.74) is 1.28. The summed E-state index contributed by atoms with van der Waals surface area (Å²) in [5.74, 6) is -0.336. The molecule has 148 valence electrons. The first-order valence-electron chi connectivity index (χ1n) is 9.86. The lowest BCUT2D eigenvalue weighted by Gasteiger charge is -2.35. The van der Waals surface area contributed by atoms with E-state index in [1.54, 1.807) is 24.3 Å². The Hall–Kier alpha value is -2.53. The maximum atomic E-state index is 13.1. The van der Waals surface area contributed by atoms with Crippen LogP contribution in [0.5, 0.6) is 0 Å². The molecule has 2 aromatic carbocycles. The van der Waals surface area contributed by atoms with Gasteiger partial charge in [-0.05, 0) is 75.5 Å². The third-order valence-electron chi connectivity index (χ3n) is 5.33. The molecule has 5 heteroatoms. The van der Waals surface area contributed by atoms with Gasteiger partial charge >= 0.3 is 0 Å². The number of carbonyl (C=O) groups excluding carboxylic acids is 2. The molecule has 1 fully saturated rings. The third-order valence-corrected chi connectivity index (χ3v) is 5.33. The van der Waals surface area contributed by atoms with Crippen LogP contribution < -0.4 is 5.32 Å². The van der Waals surface area contributed by atoms with Crippen molar-refractivity contribution < 1.29 is 14.0 Å². The van der Waals surface area contributed by atoms with E-state index in [1.165, 1.54) is 24.3 Å². The monoisotopic (exact) mass is 382 g/mol. The number of ketones is 1. The van der Waals surface area contributed by atoms with Gasteiger partial charge in [0.05, 0.1) is 0 Å². The van der Waals surface area contributed by atoms with Crippen LogP contribution in [-0.4, -0.2) is 42.3 Å². The number of carbonyl (C=O) groups is 2. The summed E-state index contributed by atoms with van der Waals surface area (Å²) in [5, 5.41) is 3.02. The summed E-state index contributed by atoms with van der Waals surface area (Å²) >= 11 is 0. The molecule has 1 aliphatic rings. The lowest BCUT2D eigenvalue weighted by Crippen LogP contribution is -2.43. The van der Waals surface area contributed by atoms with Crippen molar-refractivity contribution in [3.05, 3.63) is 71.0 Å². The lowest BCUT2D eigenvalue weighted by atomic mass is 9.96.